The Bertz CT molecular complexity index is 773. The predicted octanol–water partition coefficient (Wildman–Crippen LogP) is 1.81. The number of nitrogens with zero attached hydrogens (tertiary/aromatic N) is 1. The molecule has 3 rings (SSSR count). The van der Waals surface area contributed by atoms with Gasteiger partial charge in [0.2, 0.25) is 0 Å². The van der Waals surface area contributed by atoms with E-state index in [9.17, 15) is 8.42 Å². The van der Waals surface area contributed by atoms with Gasteiger partial charge in [0.15, 0.2) is 9.84 Å². The summed E-state index contributed by atoms with van der Waals surface area (Å²) < 4.78 is 23.4. The number of benzene rings is 1. The number of nitrogens with one attached hydrogen (secondary N) is 1. The Morgan fingerprint density at radius 2 is 2.15 bits per heavy atom. The second-order valence-electron chi connectivity index (χ2n) is 5.63. The number of nitrogens with two attached hydrogens (primary N) is 1. The van der Waals surface area contributed by atoms with Gasteiger partial charge in [-0.25, -0.2) is 8.42 Å². The van der Waals surface area contributed by atoms with E-state index >= 15 is 0 Å². The normalized spacial score (nSPS) is 24.9. The van der Waals surface area contributed by atoms with Gasteiger partial charge in [0.25, 0.3) is 0 Å². The van der Waals surface area contributed by atoms with E-state index in [0.29, 0.717) is 12.1 Å². The van der Waals surface area contributed by atoms with Gasteiger partial charge in [-0.2, -0.15) is 0 Å². The zero-order chi connectivity index (χ0) is 14.4. The van der Waals surface area contributed by atoms with Crippen molar-refractivity contribution < 1.29 is 8.42 Å². The number of sulfone groups is 1. The van der Waals surface area contributed by atoms with Crippen molar-refractivity contribution >= 4 is 32.1 Å². The molecule has 0 radical (unpaired) electrons. The van der Waals surface area contributed by atoms with E-state index in [0.717, 1.165) is 16.6 Å². The zero-order valence-electron chi connectivity index (χ0n) is 11.3. The molecule has 1 fully saturated rings. The van der Waals surface area contributed by atoms with Crippen LogP contribution in [0.5, 0.6) is 0 Å². The second-order valence-corrected chi connectivity index (χ2v) is 7.81. The summed E-state index contributed by atoms with van der Waals surface area (Å²) in [6.07, 6.45) is 2.30. The first kappa shape index (κ1) is 13.2. The van der Waals surface area contributed by atoms with E-state index in [-0.39, 0.29) is 11.5 Å². The van der Waals surface area contributed by atoms with Crippen LogP contribution in [0.4, 0.5) is 11.4 Å². The number of para-hydroxylation sites is 1. The molecule has 1 saturated heterocycles. The molecule has 2 heterocycles. The van der Waals surface area contributed by atoms with Crippen molar-refractivity contribution in [3.63, 3.8) is 0 Å². The minimum Gasteiger partial charge on any atom is -0.397 e. The Labute approximate surface area is 118 Å². The summed E-state index contributed by atoms with van der Waals surface area (Å²) in [7, 11) is -2.94. The lowest BCUT2D eigenvalue weighted by molar-refractivity contribution is 0.574. The van der Waals surface area contributed by atoms with Crippen molar-refractivity contribution in [2.24, 2.45) is 0 Å². The molecule has 1 aliphatic rings. The fourth-order valence-corrected chi connectivity index (χ4v) is 4.84. The number of nitrogen functional groups attached to an aromatic ring is 1. The van der Waals surface area contributed by atoms with Crippen molar-refractivity contribution in [2.75, 3.05) is 22.6 Å². The number of anilines is 2. The summed E-state index contributed by atoms with van der Waals surface area (Å²) in [5.74, 6) is 0.397. The lowest BCUT2D eigenvalue weighted by atomic mass is 10.0. The first-order valence-electron chi connectivity index (χ1n) is 6.50. The molecular weight excluding hydrogens is 274 g/mol. The average molecular weight is 291 g/mol. The van der Waals surface area contributed by atoms with Crippen LogP contribution in [0.15, 0.2) is 30.5 Å². The second kappa shape index (κ2) is 4.34. The Morgan fingerprint density at radius 1 is 1.35 bits per heavy atom. The first-order chi connectivity index (χ1) is 9.39. The zero-order valence-corrected chi connectivity index (χ0v) is 12.1. The van der Waals surface area contributed by atoms with Gasteiger partial charge in [0.05, 0.1) is 22.7 Å². The summed E-state index contributed by atoms with van der Waals surface area (Å²) in [4.78, 5) is 4.28. The highest BCUT2D eigenvalue weighted by Gasteiger charge is 2.38. The van der Waals surface area contributed by atoms with E-state index in [2.05, 4.69) is 10.3 Å². The van der Waals surface area contributed by atoms with Gasteiger partial charge >= 0.3 is 0 Å². The third-order valence-corrected chi connectivity index (χ3v) is 5.65. The Kier molecular flexibility index (Phi) is 2.86. The molecule has 106 valence electrons. The average Bonchev–Trinajstić information content (AvgIpc) is 2.65. The summed E-state index contributed by atoms with van der Waals surface area (Å²) in [6, 6.07) is 7.48. The third kappa shape index (κ3) is 2.31. The van der Waals surface area contributed by atoms with Crippen molar-refractivity contribution in [3.05, 3.63) is 30.5 Å². The number of hydrogen-bond donors (Lipinski definition) is 2. The lowest BCUT2D eigenvalue weighted by Crippen LogP contribution is -2.35. The molecule has 0 saturated carbocycles. The fraction of sp³-hybridized carbons (Fsp3) is 0.357. The number of fused-ring (bicyclic) bond motifs is 1. The van der Waals surface area contributed by atoms with Gasteiger partial charge in [-0.05, 0) is 25.5 Å². The van der Waals surface area contributed by atoms with Gasteiger partial charge in [-0.1, -0.05) is 12.1 Å². The monoisotopic (exact) mass is 291 g/mol. The molecule has 0 spiro atoms. The standard InChI is InChI=1S/C14H17N3O2S/c1-14(6-8-20(18,19)9-14)17-12-5-7-16-13-10(12)3-2-4-11(13)15/h2-5,7H,6,8-9,15H2,1H3,(H,16,17). The topological polar surface area (TPSA) is 85.1 Å². The number of aromatic nitrogens is 1. The molecule has 3 N–H and O–H groups in total. The molecule has 0 amide bonds. The van der Waals surface area contributed by atoms with Crippen LogP contribution in [-0.4, -0.2) is 30.4 Å². The molecule has 1 unspecified atom stereocenters. The molecular formula is C14H17N3O2S. The van der Waals surface area contributed by atoms with Crippen LogP contribution in [0.3, 0.4) is 0 Å². The summed E-state index contributed by atoms with van der Waals surface area (Å²) >= 11 is 0. The molecule has 6 heteroatoms. The van der Waals surface area contributed by atoms with Crippen LogP contribution >= 0.6 is 0 Å². The van der Waals surface area contributed by atoms with Gasteiger partial charge in [-0.3, -0.25) is 4.98 Å². The third-order valence-electron chi connectivity index (χ3n) is 3.74. The van der Waals surface area contributed by atoms with E-state index in [1.807, 2.05) is 25.1 Å². The molecule has 20 heavy (non-hydrogen) atoms. The maximum atomic E-state index is 11.7. The highest BCUT2D eigenvalue weighted by molar-refractivity contribution is 7.91. The summed E-state index contributed by atoms with van der Waals surface area (Å²) in [6.45, 7) is 1.94. The smallest absolute Gasteiger partial charge is 0.152 e. The highest BCUT2D eigenvalue weighted by atomic mass is 32.2. The van der Waals surface area contributed by atoms with Gasteiger partial charge in [0.1, 0.15) is 0 Å². The van der Waals surface area contributed by atoms with Crippen molar-refractivity contribution in [1.29, 1.82) is 0 Å². The molecule has 1 aromatic heterocycles. The molecule has 2 aromatic rings. The Hall–Kier alpha value is -1.82. The van der Waals surface area contributed by atoms with Crippen LogP contribution < -0.4 is 11.1 Å². The predicted molar refractivity (Wildman–Crippen MR) is 81.5 cm³/mol. The van der Waals surface area contributed by atoms with Crippen molar-refractivity contribution in [2.45, 2.75) is 18.9 Å². The van der Waals surface area contributed by atoms with Crippen LogP contribution in [0.2, 0.25) is 0 Å². The highest BCUT2D eigenvalue weighted by Crippen LogP contribution is 2.31. The number of hydrogen-bond acceptors (Lipinski definition) is 5. The first-order valence-corrected chi connectivity index (χ1v) is 8.33. The maximum absolute atomic E-state index is 11.7. The Balaban J connectivity index is 2.02. The van der Waals surface area contributed by atoms with E-state index in [1.165, 1.54) is 0 Å². The van der Waals surface area contributed by atoms with Crippen LogP contribution in [0.25, 0.3) is 10.9 Å². The summed E-state index contributed by atoms with van der Waals surface area (Å²) in [5.41, 5.74) is 7.73. The number of pyridine rings is 1. The largest absolute Gasteiger partial charge is 0.397 e. The number of rotatable bonds is 2. The SMILES string of the molecule is CC1(Nc2ccnc3c(N)cccc23)CCS(=O)(=O)C1. The molecule has 1 aromatic carbocycles. The van der Waals surface area contributed by atoms with Crippen molar-refractivity contribution in [1.82, 2.24) is 4.98 Å². The lowest BCUT2D eigenvalue weighted by Gasteiger charge is -2.26. The quantitative estimate of drug-likeness (QED) is 0.824. The molecule has 1 aliphatic heterocycles. The van der Waals surface area contributed by atoms with Gasteiger partial charge in [0, 0.05) is 22.8 Å². The van der Waals surface area contributed by atoms with Crippen LogP contribution in [0, 0.1) is 0 Å². The fourth-order valence-electron chi connectivity index (χ4n) is 2.74. The molecule has 5 nitrogen and oxygen atoms in total. The van der Waals surface area contributed by atoms with E-state index < -0.39 is 15.4 Å². The molecule has 0 aliphatic carbocycles. The maximum Gasteiger partial charge on any atom is 0.152 e. The van der Waals surface area contributed by atoms with Crippen molar-refractivity contribution in [3.8, 4) is 0 Å². The van der Waals surface area contributed by atoms with Crippen LogP contribution in [0.1, 0.15) is 13.3 Å². The molecule has 1 atom stereocenters. The van der Waals surface area contributed by atoms with Gasteiger partial charge in [-0.15, -0.1) is 0 Å². The molecule has 0 bridgehead atoms. The minimum absolute atomic E-state index is 0.159. The Morgan fingerprint density at radius 3 is 2.85 bits per heavy atom. The summed E-state index contributed by atoms with van der Waals surface area (Å²) in [5, 5.41) is 4.28. The van der Waals surface area contributed by atoms with Gasteiger partial charge < -0.3 is 11.1 Å². The van der Waals surface area contributed by atoms with E-state index in [1.54, 1.807) is 12.3 Å². The van der Waals surface area contributed by atoms with Crippen LogP contribution in [-0.2, 0) is 9.84 Å². The minimum atomic E-state index is -2.94. The van der Waals surface area contributed by atoms with E-state index in [4.69, 9.17) is 5.73 Å².